The van der Waals surface area contributed by atoms with E-state index in [1.54, 1.807) is 18.2 Å². The molecule has 4 aromatic heterocycles. The first-order valence-corrected chi connectivity index (χ1v) is 22.9. The molecular weight excluding hydrogens is 861 g/mol. The molecule has 67 heavy (non-hydrogen) atoms. The zero-order chi connectivity index (χ0) is 45.7. The molecule has 2 aliphatic carbocycles. The number of aromatic nitrogens is 6. The lowest BCUT2D eigenvalue weighted by Crippen LogP contribution is -2.35. The molecule has 4 N–H and O–H groups in total. The molecule has 6 aromatic rings. The van der Waals surface area contributed by atoms with E-state index < -0.39 is 17.5 Å². The van der Waals surface area contributed by atoms with Crippen LogP contribution >= 0.6 is 0 Å². The van der Waals surface area contributed by atoms with Gasteiger partial charge in [-0.2, -0.15) is 0 Å². The van der Waals surface area contributed by atoms with Crippen LogP contribution in [0.1, 0.15) is 80.4 Å². The standard InChI is InChI=1S/C25H25N5O5.C23H21N5O4/c1-13(15-9-21(31)26-11-15)35-23-22-20(27-12-30(22)16-3-4-16)10-18(28-23)14-2-5-17-19(8-14)29-24(32)25(17)33-6-7-34-25;1-11(13-7-19(29)24-9-13)32-23-20-18(25-10-28(20)14-3-4-14)8-16(27-23)12-2-5-15-17(6-12)26-22(31)21(15)30/h2,5,8,10,12-13,15-16H,3-4,6-7,9,11H2,1H3,(H,26,31)(H,29,32);2,5-6,8,10-11,13-14H,3-4,7,9H2,1H3,(H,24,29)(H,26,30,31)/t13-,15-;11-,13-/m11/s1. The smallest absolute Gasteiger partial charge is 0.296 e. The van der Waals surface area contributed by atoms with Gasteiger partial charge in [0, 0.05) is 66.5 Å². The number of ketones is 1. The molecule has 0 bridgehead atoms. The van der Waals surface area contributed by atoms with E-state index in [1.165, 1.54) is 0 Å². The molecule has 19 nitrogen and oxygen atoms in total. The van der Waals surface area contributed by atoms with Crippen LogP contribution < -0.4 is 30.7 Å². The number of Topliss-reactive ketones (excluding diaryl/α,β-unsaturated/α-hetero) is 1. The van der Waals surface area contributed by atoms with E-state index in [-0.39, 0.29) is 41.8 Å². The van der Waals surface area contributed by atoms with Crippen LogP contribution in [0.4, 0.5) is 11.4 Å². The van der Waals surface area contributed by atoms with E-state index in [1.807, 2.05) is 56.8 Å². The molecule has 2 aromatic carbocycles. The number of hydrogen-bond donors (Lipinski definition) is 4. The predicted molar refractivity (Wildman–Crippen MR) is 240 cm³/mol. The average molecular weight is 907 g/mol. The zero-order valence-electron chi connectivity index (χ0n) is 36.7. The summed E-state index contributed by atoms with van der Waals surface area (Å²) >= 11 is 0. The first-order chi connectivity index (χ1) is 32.5. The molecule has 3 saturated heterocycles. The number of ether oxygens (including phenoxy) is 4. The normalized spacial score (nSPS) is 22.3. The molecular formula is C48H46N10O9. The number of rotatable bonds is 10. The van der Waals surface area contributed by atoms with Crippen molar-refractivity contribution in [2.75, 3.05) is 36.9 Å². The van der Waals surface area contributed by atoms with Gasteiger partial charge in [0.05, 0.1) is 65.2 Å². The first kappa shape index (κ1) is 41.2. The summed E-state index contributed by atoms with van der Waals surface area (Å²) in [6.07, 6.45) is 8.58. The maximum Gasteiger partial charge on any atom is 0.296 e. The van der Waals surface area contributed by atoms with Gasteiger partial charge < -0.3 is 49.3 Å². The number of carbonyl (C=O) groups excluding carboxylic acids is 5. The minimum atomic E-state index is -1.36. The molecule has 342 valence electrons. The van der Waals surface area contributed by atoms with Gasteiger partial charge >= 0.3 is 0 Å². The van der Waals surface area contributed by atoms with Crippen LogP contribution in [0.15, 0.2) is 61.2 Å². The highest BCUT2D eigenvalue weighted by Gasteiger charge is 2.52. The van der Waals surface area contributed by atoms with Crippen molar-refractivity contribution in [1.29, 1.82) is 0 Å². The number of nitrogens with one attached hydrogen (secondary N) is 4. The van der Waals surface area contributed by atoms with Crippen LogP contribution in [0.3, 0.4) is 0 Å². The summed E-state index contributed by atoms with van der Waals surface area (Å²) in [6, 6.07) is 15.5. The van der Waals surface area contributed by atoms with Crippen LogP contribution in [0.5, 0.6) is 11.8 Å². The molecule has 0 unspecified atom stereocenters. The molecule has 7 aliphatic rings. The summed E-state index contributed by atoms with van der Waals surface area (Å²) < 4.78 is 28.4. The van der Waals surface area contributed by atoms with Crippen molar-refractivity contribution in [3.63, 3.8) is 0 Å². The Morgan fingerprint density at radius 3 is 1.70 bits per heavy atom. The fourth-order valence-electron chi connectivity index (χ4n) is 9.66. The second-order valence-corrected chi connectivity index (χ2v) is 18.4. The Balaban J connectivity index is 0.000000140. The van der Waals surface area contributed by atoms with Crippen molar-refractivity contribution >= 4 is 62.9 Å². The van der Waals surface area contributed by atoms with Gasteiger partial charge in [0.1, 0.15) is 23.2 Å². The molecule has 4 atom stereocenters. The van der Waals surface area contributed by atoms with Gasteiger partial charge in [0.2, 0.25) is 23.6 Å². The predicted octanol–water partition coefficient (Wildman–Crippen LogP) is 4.96. The number of carbonyl (C=O) groups is 5. The number of pyridine rings is 2. The van der Waals surface area contributed by atoms with Gasteiger partial charge in [-0.25, -0.2) is 19.9 Å². The van der Waals surface area contributed by atoms with Crippen molar-refractivity contribution in [3.05, 3.63) is 72.3 Å². The lowest BCUT2D eigenvalue weighted by atomic mass is 10.0. The Labute approximate surface area is 382 Å². The van der Waals surface area contributed by atoms with Gasteiger partial charge in [-0.15, -0.1) is 0 Å². The van der Waals surface area contributed by atoms with E-state index in [2.05, 4.69) is 40.4 Å². The van der Waals surface area contributed by atoms with Crippen LogP contribution in [0, 0.1) is 11.8 Å². The fourth-order valence-corrected chi connectivity index (χ4v) is 9.66. The van der Waals surface area contributed by atoms with E-state index in [4.69, 9.17) is 28.9 Å². The quantitative estimate of drug-likeness (QED) is 0.133. The minimum absolute atomic E-state index is 0.0371. The van der Waals surface area contributed by atoms with Crippen molar-refractivity contribution in [1.82, 2.24) is 39.7 Å². The number of hydrogen-bond acceptors (Lipinski definition) is 13. The van der Waals surface area contributed by atoms with Crippen LogP contribution in [0.25, 0.3) is 44.6 Å². The third-order valence-electron chi connectivity index (χ3n) is 13.8. The number of imidazole rings is 2. The van der Waals surface area contributed by atoms with Gasteiger partial charge in [-0.05, 0) is 69.9 Å². The number of nitrogens with zero attached hydrogens (tertiary/aromatic N) is 6. The van der Waals surface area contributed by atoms with E-state index in [0.29, 0.717) is 96.9 Å². The Bertz CT molecular complexity index is 3090. The van der Waals surface area contributed by atoms with Gasteiger partial charge in [0.15, 0.2) is 0 Å². The van der Waals surface area contributed by atoms with Crippen molar-refractivity contribution in [2.24, 2.45) is 11.8 Å². The molecule has 4 amide bonds. The molecule has 19 heteroatoms. The number of benzene rings is 2. The maximum absolute atomic E-state index is 12.6. The summed E-state index contributed by atoms with van der Waals surface area (Å²) in [4.78, 5) is 78.7. The van der Waals surface area contributed by atoms with Crippen LogP contribution in [-0.4, -0.2) is 97.0 Å². The summed E-state index contributed by atoms with van der Waals surface area (Å²) in [6.45, 7) is 5.87. The maximum atomic E-state index is 12.6. The number of fused-ring (bicyclic) bond motifs is 5. The van der Waals surface area contributed by atoms with E-state index in [9.17, 15) is 24.0 Å². The highest BCUT2D eigenvalue weighted by atomic mass is 16.7. The third kappa shape index (κ3) is 7.23. The van der Waals surface area contributed by atoms with E-state index in [0.717, 1.165) is 58.9 Å². The topological polar surface area (TPSA) is 232 Å². The lowest BCUT2D eigenvalue weighted by molar-refractivity contribution is -0.178. The molecule has 2 saturated carbocycles. The molecule has 5 aliphatic heterocycles. The van der Waals surface area contributed by atoms with Gasteiger partial charge in [0.25, 0.3) is 23.4 Å². The SMILES string of the molecule is C[C@@H](Oc1nc(-c2ccc3c(c2)NC(=O)C32OCCO2)cc2ncn(C3CC3)c12)[C@H]1CNC(=O)C1.C[C@@H](Oc1nc(-c2ccc3c(c2)NC(=O)C3=O)cc2ncn(C3CC3)c12)[C@H]1CNC(=O)C1. The molecule has 1 spiro atoms. The average Bonchev–Trinajstić information content (AvgIpc) is 3.81. The van der Waals surface area contributed by atoms with Crippen molar-refractivity contribution in [2.45, 2.75) is 82.5 Å². The summed E-state index contributed by atoms with van der Waals surface area (Å²) in [5.74, 6) is -1.59. The number of anilines is 2. The Morgan fingerprint density at radius 1 is 0.672 bits per heavy atom. The van der Waals surface area contributed by atoms with Crippen molar-refractivity contribution in [3.8, 4) is 34.3 Å². The molecule has 13 rings (SSSR count). The van der Waals surface area contributed by atoms with Crippen LogP contribution in [0.2, 0.25) is 0 Å². The minimum Gasteiger partial charge on any atom is -0.473 e. The second-order valence-electron chi connectivity index (χ2n) is 18.4. The Hall–Kier alpha value is -7.25. The summed E-state index contributed by atoms with van der Waals surface area (Å²) in [5, 5.41) is 11.2. The molecule has 0 radical (unpaired) electrons. The largest absolute Gasteiger partial charge is 0.473 e. The fraction of sp³-hybridized carbons (Fsp3) is 0.396. The van der Waals surface area contributed by atoms with E-state index >= 15 is 0 Å². The highest BCUT2D eigenvalue weighted by Crippen LogP contribution is 2.46. The highest BCUT2D eigenvalue weighted by molar-refractivity contribution is 6.51. The second kappa shape index (κ2) is 15.7. The Kier molecular flexibility index (Phi) is 9.65. The lowest BCUT2D eigenvalue weighted by Gasteiger charge is -2.20. The monoisotopic (exact) mass is 906 g/mol. The van der Waals surface area contributed by atoms with Crippen LogP contribution in [-0.2, 0) is 34.4 Å². The van der Waals surface area contributed by atoms with Gasteiger partial charge in [-0.1, -0.05) is 18.2 Å². The molecule has 9 heterocycles. The summed E-state index contributed by atoms with van der Waals surface area (Å²) in [7, 11) is 0. The van der Waals surface area contributed by atoms with Crippen molar-refractivity contribution < 1.29 is 42.9 Å². The number of amides is 4. The Morgan fingerprint density at radius 2 is 1.19 bits per heavy atom. The first-order valence-electron chi connectivity index (χ1n) is 22.9. The zero-order valence-corrected chi connectivity index (χ0v) is 36.7. The summed E-state index contributed by atoms with van der Waals surface area (Å²) in [5.41, 5.74) is 8.35. The molecule has 5 fully saturated rings. The third-order valence-corrected chi connectivity index (χ3v) is 13.8. The van der Waals surface area contributed by atoms with Gasteiger partial charge in [-0.3, -0.25) is 24.0 Å².